The topological polar surface area (TPSA) is 81.7 Å². The van der Waals surface area contributed by atoms with Gasteiger partial charge in [-0.2, -0.15) is 0 Å². The minimum Gasteiger partial charge on any atom is -0.336 e. The van der Waals surface area contributed by atoms with Crippen molar-refractivity contribution in [3.8, 4) is 0 Å². The predicted molar refractivity (Wildman–Crippen MR) is 54.4 cm³/mol. The lowest BCUT2D eigenvalue weighted by Crippen LogP contribution is -2.32. The molecule has 0 aliphatic rings. The van der Waals surface area contributed by atoms with Gasteiger partial charge in [-0.05, 0) is 6.07 Å². The number of aromatic nitrogens is 4. The number of rotatable bonds is 3. The van der Waals surface area contributed by atoms with E-state index >= 15 is 0 Å². The SMILES string of the molecule is Cn1ccnc1C(NN)c1ncccn1. The van der Waals surface area contributed by atoms with Crippen LogP contribution in [0.4, 0.5) is 0 Å². The Balaban J connectivity index is 2.37. The number of imidazole rings is 1. The Morgan fingerprint density at radius 1 is 1.27 bits per heavy atom. The summed E-state index contributed by atoms with van der Waals surface area (Å²) in [6.45, 7) is 0. The van der Waals surface area contributed by atoms with E-state index in [9.17, 15) is 0 Å². The lowest BCUT2D eigenvalue weighted by atomic mass is 10.2. The van der Waals surface area contributed by atoms with Crippen molar-refractivity contribution in [3.63, 3.8) is 0 Å². The van der Waals surface area contributed by atoms with E-state index in [0.29, 0.717) is 5.82 Å². The largest absolute Gasteiger partial charge is 0.336 e. The van der Waals surface area contributed by atoms with Gasteiger partial charge < -0.3 is 4.57 Å². The van der Waals surface area contributed by atoms with E-state index in [1.165, 1.54) is 0 Å². The van der Waals surface area contributed by atoms with Crippen LogP contribution in [-0.2, 0) is 7.05 Å². The van der Waals surface area contributed by atoms with Crippen LogP contribution in [-0.4, -0.2) is 19.5 Å². The molecule has 0 radical (unpaired) electrons. The molecule has 2 aromatic heterocycles. The van der Waals surface area contributed by atoms with Crippen LogP contribution in [0.2, 0.25) is 0 Å². The molecule has 2 aromatic rings. The quantitative estimate of drug-likeness (QED) is 0.533. The minimum atomic E-state index is -0.286. The van der Waals surface area contributed by atoms with Gasteiger partial charge in [-0.1, -0.05) is 0 Å². The third-order valence-electron chi connectivity index (χ3n) is 2.13. The molecule has 2 rings (SSSR count). The highest BCUT2D eigenvalue weighted by Crippen LogP contribution is 2.14. The number of hydrogen-bond acceptors (Lipinski definition) is 5. The van der Waals surface area contributed by atoms with Crippen LogP contribution in [0.15, 0.2) is 30.9 Å². The van der Waals surface area contributed by atoms with Gasteiger partial charge in [0, 0.05) is 31.8 Å². The van der Waals surface area contributed by atoms with Gasteiger partial charge in [0.25, 0.3) is 0 Å². The van der Waals surface area contributed by atoms with Crippen molar-refractivity contribution in [1.29, 1.82) is 0 Å². The van der Waals surface area contributed by atoms with E-state index in [-0.39, 0.29) is 6.04 Å². The second-order valence-electron chi connectivity index (χ2n) is 3.10. The molecular formula is C9H12N6. The molecule has 2 heterocycles. The summed E-state index contributed by atoms with van der Waals surface area (Å²) in [5, 5.41) is 0. The van der Waals surface area contributed by atoms with Gasteiger partial charge in [0.05, 0.1) is 0 Å². The van der Waals surface area contributed by atoms with Crippen LogP contribution >= 0.6 is 0 Å². The highest BCUT2D eigenvalue weighted by atomic mass is 15.3. The molecule has 0 amide bonds. The fourth-order valence-electron chi connectivity index (χ4n) is 1.38. The summed E-state index contributed by atoms with van der Waals surface area (Å²) in [6, 6.07) is 1.47. The van der Waals surface area contributed by atoms with E-state index in [0.717, 1.165) is 5.82 Å². The van der Waals surface area contributed by atoms with Crippen LogP contribution in [0.5, 0.6) is 0 Å². The molecular weight excluding hydrogens is 192 g/mol. The monoisotopic (exact) mass is 204 g/mol. The minimum absolute atomic E-state index is 0.286. The fourth-order valence-corrected chi connectivity index (χ4v) is 1.38. The van der Waals surface area contributed by atoms with Crippen molar-refractivity contribution >= 4 is 0 Å². The molecule has 6 heteroatoms. The van der Waals surface area contributed by atoms with Crippen LogP contribution in [0.3, 0.4) is 0 Å². The molecule has 3 N–H and O–H groups in total. The first-order chi connectivity index (χ1) is 7.33. The van der Waals surface area contributed by atoms with Crippen molar-refractivity contribution < 1.29 is 0 Å². The standard InChI is InChI=1S/C9H12N6/c1-15-6-5-13-9(15)7(14-10)8-11-3-2-4-12-8/h2-7,14H,10H2,1H3. The predicted octanol–water partition coefficient (Wildman–Crippen LogP) is -0.237. The number of nitrogens with zero attached hydrogens (tertiary/aromatic N) is 4. The summed E-state index contributed by atoms with van der Waals surface area (Å²) < 4.78 is 1.88. The summed E-state index contributed by atoms with van der Waals surface area (Å²) in [5.74, 6) is 6.87. The van der Waals surface area contributed by atoms with Crippen LogP contribution in [0.1, 0.15) is 17.7 Å². The van der Waals surface area contributed by atoms with Crippen LogP contribution in [0.25, 0.3) is 0 Å². The summed E-state index contributed by atoms with van der Waals surface area (Å²) >= 11 is 0. The van der Waals surface area contributed by atoms with Crippen LogP contribution in [0, 0.1) is 0 Å². The Morgan fingerprint density at radius 3 is 2.53 bits per heavy atom. The van der Waals surface area contributed by atoms with Gasteiger partial charge in [0.2, 0.25) is 0 Å². The van der Waals surface area contributed by atoms with Crippen LogP contribution < -0.4 is 11.3 Å². The molecule has 78 valence electrons. The van der Waals surface area contributed by atoms with Gasteiger partial charge in [-0.3, -0.25) is 5.84 Å². The zero-order chi connectivity index (χ0) is 10.7. The Hall–Kier alpha value is -1.79. The maximum Gasteiger partial charge on any atom is 0.154 e. The average Bonchev–Trinajstić information content (AvgIpc) is 2.68. The maximum absolute atomic E-state index is 5.48. The average molecular weight is 204 g/mol. The van der Waals surface area contributed by atoms with Gasteiger partial charge in [-0.25, -0.2) is 20.4 Å². The highest BCUT2D eigenvalue weighted by Gasteiger charge is 2.18. The van der Waals surface area contributed by atoms with Crippen molar-refractivity contribution in [2.24, 2.45) is 12.9 Å². The van der Waals surface area contributed by atoms with Gasteiger partial charge >= 0.3 is 0 Å². The molecule has 15 heavy (non-hydrogen) atoms. The molecule has 0 bridgehead atoms. The molecule has 6 nitrogen and oxygen atoms in total. The molecule has 0 spiro atoms. The molecule has 0 aromatic carbocycles. The summed E-state index contributed by atoms with van der Waals surface area (Å²) in [7, 11) is 1.90. The number of nitrogens with two attached hydrogens (primary N) is 1. The van der Waals surface area contributed by atoms with E-state index in [4.69, 9.17) is 5.84 Å². The highest BCUT2D eigenvalue weighted by molar-refractivity contribution is 5.10. The second-order valence-corrected chi connectivity index (χ2v) is 3.10. The van der Waals surface area contributed by atoms with Crippen molar-refractivity contribution in [1.82, 2.24) is 24.9 Å². The third kappa shape index (κ3) is 1.85. The maximum atomic E-state index is 5.48. The first-order valence-corrected chi connectivity index (χ1v) is 4.53. The number of hydrazine groups is 1. The van der Waals surface area contributed by atoms with Crippen molar-refractivity contribution in [2.75, 3.05) is 0 Å². The number of hydrogen-bond donors (Lipinski definition) is 2. The van der Waals surface area contributed by atoms with Crippen molar-refractivity contribution in [3.05, 3.63) is 42.5 Å². The molecule has 1 unspecified atom stereocenters. The van der Waals surface area contributed by atoms with E-state index in [1.807, 2.05) is 17.8 Å². The zero-order valence-corrected chi connectivity index (χ0v) is 8.33. The normalized spacial score (nSPS) is 12.7. The molecule has 0 aliphatic carbocycles. The lowest BCUT2D eigenvalue weighted by Gasteiger charge is -2.13. The molecule has 0 saturated heterocycles. The third-order valence-corrected chi connectivity index (χ3v) is 2.13. The Morgan fingerprint density at radius 2 is 2.00 bits per heavy atom. The van der Waals surface area contributed by atoms with E-state index in [1.54, 1.807) is 24.7 Å². The zero-order valence-electron chi connectivity index (χ0n) is 8.33. The van der Waals surface area contributed by atoms with Gasteiger partial charge in [-0.15, -0.1) is 0 Å². The Kier molecular flexibility index (Phi) is 2.70. The molecule has 1 atom stereocenters. The first-order valence-electron chi connectivity index (χ1n) is 4.53. The molecule has 0 fully saturated rings. The Bertz CT molecular complexity index is 423. The van der Waals surface area contributed by atoms with Gasteiger partial charge in [0.15, 0.2) is 5.82 Å². The smallest absolute Gasteiger partial charge is 0.154 e. The Labute approximate surface area is 87.2 Å². The summed E-state index contributed by atoms with van der Waals surface area (Å²) in [6.07, 6.45) is 6.91. The number of aryl methyl sites for hydroxylation is 1. The van der Waals surface area contributed by atoms with Gasteiger partial charge in [0.1, 0.15) is 11.9 Å². The lowest BCUT2D eigenvalue weighted by molar-refractivity contribution is 0.552. The summed E-state index contributed by atoms with van der Waals surface area (Å²) in [4.78, 5) is 12.5. The summed E-state index contributed by atoms with van der Waals surface area (Å²) in [5.41, 5.74) is 2.65. The second kappa shape index (κ2) is 4.16. The first kappa shape index (κ1) is 9.75. The fraction of sp³-hybridized carbons (Fsp3) is 0.222. The molecule has 0 aliphatic heterocycles. The number of nitrogens with one attached hydrogen (secondary N) is 1. The van der Waals surface area contributed by atoms with E-state index < -0.39 is 0 Å². The van der Waals surface area contributed by atoms with E-state index in [2.05, 4.69) is 20.4 Å². The van der Waals surface area contributed by atoms with Crippen molar-refractivity contribution in [2.45, 2.75) is 6.04 Å². The molecule has 0 saturated carbocycles.